The maximum absolute atomic E-state index is 12.0. The maximum atomic E-state index is 12.0. The standard InChI is InChI=1S/C12H16ClNO/c1-12(2,11(15)14(3)4)9-6-5-7-10(13)8-9/h5-8H,1-4H3. The van der Waals surface area contributed by atoms with Crippen molar-refractivity contribution >= 4 is 17.5 Å². The summed E-state index contributed by atoms with van der Waals surface area (Å²) in [5, 5.41) is 0.659. The predicted octanol–water partition coefficient (Wildman–Crippen LogP) is 2.71. The summed E-state index contributed by atoms with van der Waals surface area (Å²) >= 11 is 5.91. The average Bonchev–Trinajstić information content (AvgIpc) is 2.16. The topological polar surface area (TPSA) is 20.3 Å². The van der Waals surface area contributed by atoms with Gasteiger partial charge in [-0.2, -0.15) is 0 Å². The summed E-state index contributed by atoms with van der Waals surface area (Å²) in [5.41, 5.74) is 0.405. The quantitative estimate of drug-likeness (QED) is 0.758. The maximum Gasteiger partial charge on any atom is 0.232 e. The number of hydrogen-bond donors (Lipinski definition) is 0. The molecule has 0 atom stereocenters. The van der Waals surface area contributed by atoms with Crippen LogP contribution in [0.15, 0.2) is 24.3 Å². The molecule has 1 aromatic carbocycles. The molecule has 0 aliphatic heterocycles. The third kappa shape index (κ3) is 2.51. The van der Waals surface area contributed by atoms with E-state index in [9.17, 15) is 4.79 Å². The SMILES string of the molecule is CN(C)C(=O)C(C)(C)c1cccc(Cl)c1. The molecule has 0 aliphatic carbocycles. The molecule has 82 valence electrons. The third-order valence-corrected chi connectivity index (χ3v) is 2.72. The van der Waals surface area contributed by atoms with Crippen molar-refractivity contribution in [3.8, 4) is 0 Å². The predicted molar refractivity (Wildman–Crippen MR) is 63.2 cm³/mol. The van der Waals surface area contributed by atoms with Crippen LogP contribution in [0.4, 0.5) is 0 Å². The number of benzene rings is 1. The van der Waals surface area contributed by atoms with Gasteiger partial charge in [-0.05, 0) is 31.5 Å². The molecule has 0 N–H and O–H groups in total. The largest absolute Gasteiger partial charge is 0.348 e. The van der Waals surface area contributed by atoms with Crippen LogP contribution >= 0.6 is 11.6 Å². The number of carbonyl (C=O) groups is 1. The minimum Gasteiger partial charge on any atom is -0.348 e. The summed E-state index contributed by atoms with van der Waals surface area (Å²) in [5.74, 6) is 0.0739. The van der Waals surface area contributed by atoms with E-state index in [1.165, 1.54) is 0 Å². The van der Waals surface area contributed by atoms with Crippen molar-refractivity contribution in [3.63, 3.8) is 0 Å². The van der Waals surface area contributed by atoms with Crippen molar-refractivity contribution in [1.29, 1.82) is 0 Å². The Labute approximate surface area is 95.8 Å². The third-order valence-electron chi connectivity index (χ3n) is 2.49. The normalized spacial score (nSPS) is 11.3. The molecule has 2 nitrogen and oxygen atoms in total. The van der Waals surface area contributed by atoms with Gasteiger partial charge in [0.05, 0.1) is 5.41 Å². The minimum atomic E-state index is -0.533. The Morgan fingerprint density at radius 2 is 1.93 bits per heavy atom. The molecule has 0 spiro atoms. The number of hydrogen-bond acceptors (Lipinski definition) is 1. The molecule has 0 saturated carbocycles. The van der Waals surface area contributed by atoms with Crippen molar-refractivity contribution in [2.24, 2.45) is 0 Å². The van der Waals surface area contributed by atoms with Gasteiger partial charge < -0.3 is 4.90 Å². The van der Waals surface area contributed by atoms with E-state index in [2.05, 4.69) is 0 Å². The lowest BCUT2D eigenvalue weighted by molar-refractivity contribution is -0.133. The van der Waals surface area contributed by atoms with Crippen LogP contribution in [0.5, 0.6) is 0 Å². The van der Waals surface area contributed by atoms with Gasteiger partial charge in [-0.3, -0.25) is 4.79 Å². The van der Waals surface area contributed by atoms with Crippen LogP contribution in [0.1, 0.15) is 19.4 Å². The zero-order valence-corrected chi connectivity index (χ0v) is 10.3. The fraction of sp³-hybridized carbons (Fsp3) is 0.417. The first kappa shape index (κ1) is 12.1. The van der Waals surface area contributed by atoms with E-state index in [1.807, 2.05) is 32.0 Å². The van der Waals surface area contributed by atoms with E-state index < -0.39 is 5.41 Å². The second kappa shape index (κ2) is 4.23. The molecule has 1 rings (SSSR count). The number of amides is 1. The van der Waals surface area contributed by atoms with Gasteiger partial charge >= 0.3 is 0 Å². The fourth-order valence-corrected chi connectivity index (χ4v) is 1.75. The Bertz CT molecular complexity index is 372. The highest BCUT2D eigenvalue weighted by Gasteiger charge is 2.31. The highest BCUT2D eigenvalue weighted by Crippen LogP contribution is 2.26. The molecule has 1 amide bonds. The van der Waals surface area contributed by atoms with Crippen LogP contribution in [0.2, 0.25) is 5.02 Å². The number of nitrogens with zero attached hydrogens (tertiary/aromatic N) is 1. The van der Waals surface area contributed by atoms with E-state index in [-0.39, 0.29) is 5.91 Å². The van der Waals surface area contributed by atoms with Crippen LogP contribution in [-0.2, 0) is 10.2 Å². The summed E-state index contributed by atoms with van der Waals surface area (Å²) < 4.78 is 0. The first-order chi connectivity index (χ1) is 6.85. The van der Waals surface area contributed by atoms with Crippen molar-refractivity contribution < 1.29 is 4.79 Å². The van der Waals surface area contributed by atoms with Gasteiger partial charge in [0.2, 0.25) is 5.91 Å². The van der Waals surface area contributed by atoms with E-state index >= 15 is 0 Å². The molecular formula is C12H16ClNO. The van der Waals surface area contributed by atoms with Gasteiger partial charge in [-0.1, -0.05) is 23.7 Å². The molecule has 0 unspecified atom stereocenters. The number of likely N-dealkylation sites (N-methyl/N-ethyl adjacent to an activating group) is 1. The Balaban J connectivity index is 3.10. The number of carbonyl (C=O) groups excluding carboxylic acids is 1. The molecule has 0 aromatic heterocycles. The van der Waals surface area contributed by atoms with Gasteiger partial charge in [0.25, 0.3) is 0 Å². The van der Waals surface area contributed by atoms with E-state index in [4.69, 9.17) is 11.6 Å². The molecule has 0 aliphatic rings. The Hall–Kier alpha value is -1.02. The molecule has 15 heavy (non-hydrogen) atoms. The number of halogens is 1. The number of rotatable bonds is 2. The molecule has 0 bridgehead atoms. The Morgan fingerprint density at radius 1 is 1.33 bits per heavy atom. The highest BCUT2D eigenvalue weighted by atomic mass is 35.5. The van der Waals surface area contributed by atoms with Gasteiger partial charge in [-0.25, -0.2) is 0 Å². The summed E-state index contributed by atoms with van der Waals surface area (Å²) in [6.07, 6.45) is 0. The lowest BCUT2D eigenvalue weighted by Gasteiger charge is -2.27. The molecular weight excluding hydrogens is 210 g/mol. The van der Waals surface area contributed by atoms with Gasteiger partial charge in [0.15, 0.2) is 0 Å². The van der Waals surface area contributed by atoms with Crippen molar-refractivity contribution in [2.75, 3.05) is 14.1 Å². The zero-order chi connectivity index (χ0) is 11.6. The monoisotopic (exact) mass is 225 g/mol. The smallest absolute Gasteiger partial charge is 0.232 e. The summed E-state index contributed by atoms with van der Waals surface area (Å²) in [6, 6.07) is 7.43. The lowest BCUT2D eigenvalue weighted by atomic mass is 9.83. The van der Waals surface area contributed by atoms with Gasteiger partial charge in [0.1, 0.15) is 0 Å². The van der Waals surface area contributed by atoms with Crippen molar-refractivity contribution in [3.05, 3.63) is 34.9 Å². The van der Waals surface area contributed by atoms with Gasteiger partial charge in [0, 0.05) is 19.1 Å². The molecule has 0 radical (unpaired) electrons. The minimum absolute atomic E-state index is 0.0739. The average molecular weight is 226 g/mol. The van der Waals surface area contributed by atoms with Crippen LogP contribution in [0, 0.1) is 0 Å². The fourth-order valence-electron chi connectivity index (χ4n) is 1.56. The first-order valence-electron chi connectivity index (χ1n) is 4.83. The van der Waals surface area contributed by atoms with Crippen LogP contribution < -0.4 is 0 Å². The van der Waals surface area contributed by atoms with Crippen LogP contribution in [0.25, 0.3) is 0 Å². The zero-order valence-electron chi connectivity index (χ0n) is 9.54. The summed E-state index contributed by atoms with van der Waals surface area (Å²) in [4.78, 5) is 13.6. The van der Waals surface area contributed by atoms with Crippen molar-refractivity contribution in [1.82, 2.24) is 4.90 Å². The molecule has 3 heteroatoms. The van der Waals surface area contributed by atoms with E-state index in [1.54, 1.807) is 25.1 Å². The van der Waals surface area contributed by atoms with Crippen LogP contribution in [0.3, 0.4) is 0 Å². The van der Waals surface area contributed by atoms with Gasteiger partial charge in [-0.15, -0.1) is 0 Å². The summed E-state index contributed by atoms with van der Waals surface area (Å²) in [6.45, 7) is 3.81. The van der Waals surface area contributed by atoms with E-state index in [0.717, 1.165) is 5.56 Å². The lowest BCUT2D eigenvalue weighted by Crippen LogP contribution is -2.39. The highest BCUT2D eigenvalue weighted by molar-refractivity contribution is 6.30. The molecule has 0 heterocycles. The summed E-state index contributed by atoms with van der Waals surface area (Å²) in [7, 11) is 3.52. The van der Waals surface area contributed by atoms with E-state index in [0.29, 0.717) is 5.02 Å². The first-order valence-corrected chi connectivity index (χ1v) is 5.21. The molecule has 0 saturated heterocycles. The second-order valence-electron chi connectivity index (χ2n) is 4.33. The Morgan fingerprint density at radius 3 is 2.40 bits per heavy atom. The van der Waals surface area contributed by atoms with Crippen LogP contribution in [-0.4, -0.2) is 24.9 Å². The molecule has 1 aromatic rings. The second-order valence-corrected chi connectivity index (χ2v) is 4.77. The van der Waals surface area contributed by atoms with Crippen molar-refractivity contribution in [2.45, 2.75) is 19.3 Å². The molecule has 0 fully saturated rings. The Kier molecular flexibility index (Phi) is 3.40.